The van der Waals surface area contributed by atoms with Gasteiger partial charge in [0, 0.05) is 31.5 Å². The molecule has 0 atom stereocenters. The Kier molecular flexibility index (Phi) is 4.43. The van der Waals surface area contributed by atoms with Gasteiger partial charge in [0.1, 0.15) is 5.82 Å². The van der Waals surface area contributed by atoms with E-state index in [1.807, 2.05) is 18.2 Å². The van der Waals surface area contributed by atoms with Crippen molar-refractivity contribution in [3.05, 3.63) is 54.1 Å². The molecule has 0 aliphatic carbocycles. The van der Waals surface area contributed by atoms with Gasteiger partial charge in [0.25, 0.3) is 0 Å². The summed E-state index contributed by atoms with van der Waals surface area (Å²) in [6.45, 7) is 4.01. The fourth-order valence-corrected chi connectivity index (χ4v) is 2.43. The van der Waals surface area contributed by atoms with Crippen LogP contribution in [0.5, 0.6) is 0 Å². The molecule has 110 valence electrons. The van der Waals surface area contributed by atoms with Gasteiger partial charge in [0.2, 0.25) is 0 Å². The van der Waals surface area contributed by atoms with Gasteiger partial charge in [0.15, 0.2) is 0 Å². The van der Waals surface area contributed by atoms with E-state index in [9.17, 15) is 4.39 Å². The zero-order valence-corrected chi connectivity index (χ0v) is 11.8. The molecular formula is C16H18FN3O. The van der Waals surface area contributed by atoms with Crippen molar-refractivity contribution in [3.8, 4) is 0 Å². The van der Waals surface area contributed by atoms with Crippen LogP contribution in [0.3, 0.4) is 0 Å². The van der Waals surface area contributed by atoms with Gasteiger partial charge in [-0.25, -0.2) is 4.39 Å². The summed E-state index contributed by atoms with van der Waals surface area (Å²) in [5, 5.41) is 3.18. The summed E-state index contributed by atoms with van der Waals surface area (Å²) in [6, 6.07) is 8.81. The highest BCUT2D eigenvalue weighted by Crippen LogP contribution is 2.20. The minimum Gasteiger partial charge on any atom is -0.379 e. The molecule has 0 amide bonds. The van der Waals surface area contributed by atoms with Crippen molar-refractivity contribution >= 4 is 11.4 Å². The maximum Gasteiger partial charge on any atom is 0.125 e. The molecule has 1 aliphatic rings. The van der Waals surface area contributed by atoms with Crippen molar-refractivity contribution in [2.75, 3.05) is 31.6 Å². The highest BCUT2D eigenvalue weighted by Gasteiger charge is 2.11. The molecule has 5 heteroatoms. The average Bonchev–Trinajstić information content (AvgIpc) is 2.48. The molecule has 1 N–H and O–H groups in total. The quantitative estimate of drug-likeness (QED) is 0.938. The third-order valence-corrected chi connectivity index (χ3v) is 3.42. The Balaban J connectivity index is 1.73. The van der Waals surface area contributed by atoms with Crippen LogP contribution in [-0.4, -0.2) is 36.2 Å². The lowest BCUT2D eigenvalue weighted by Crippen LogP contribution is -2.35. The molecule has 21 heavy (non-hydrogen) atoms. The minimum atomic E-state index is -0.229. The molecule has 2 heterocycles. The standard InChI is InChI=1S/C16H18FN3O/c17-14-8-13(12-20-4-6-21-7-5-20)9-16(10-14)19-15-2-1-3-18-11-15/h1-3,8-11,19H,4-7,12H2. The van der Waals surface area contributed by atoms with Crippen molar-refractivity contribution in [2.24, 2.45) is 0 Å². The van der Waals surface area contributed by atoms with E-state index in [1.54, 1.807) is 18.5 Å². The molecule has 1 saturated heterocycles. The Bertz CT molecular complexity index is 585. The van der Waals surface area contributed by atoms with Crippen LogP contribution in [0.2, 0.25) is 0 Å². The first-order valence-corrected chi connectivity index (χ1v) is 7.06. The topological polar surface area (TPSA) is 37.4 Å². The number of ether oxygens (including phenoxy) is 1. The Morgan fingerprint density at radius 3 is 2.81 bits per heavy atom. The van der Waals surface area contributed by atoms with Gasteiger partial charge in [-0.15, -0.1) is 0 Å². The SMILES string of the molecule is Fc1cc(CN2CCOCC2)cc(Nc2cccnc2)c1. The van der Waals surface area contributed by atoms with Crippen LogP contribution in [0.15, 0.2) is 42.7 Å². The van der Waals surface area contributed by atoms with E-state index in [2.05, 4.69) is 15.2 Å². The molecule has 3 rings (SSSR count). The zero-order chi connectivity index (χ0) is 14.5. The van der Waals surface area contributed by atoms with E-state index >= 15 is 0 Å². The van der Waals surface area contributed by atoms with Crippen LogP contribution in [-0.2, 0) is 11.3 Å². The summed E-state index contributed by atoms with van der Waals surface area (Å²) >= 11 is 0. The normalized spacial score (nSPS) is 15.9. The van der Waals surface area contributed by atoms with Crippen molar-refractivity contribution in [1.29, 1.82) is 0 Å². The third-order valence-electron chi connectivity index (χ3n) is 3.42. The molecule has 0 bridgehead atoms. The molecule has 1 aromatic heterocycles. The molecule has 1 fully saturated rings. The summed E-state index contributed by atoms with van der Waals surface area (Å²) < 4.78 is 19.1. The van der Waals surface area contributed by atoms with Crippen LogP contribution in [0.25, 0.3) is 0 Å². The molecule has 0 unspecified atom stereocenters. The van der Waals surface area contributed by atoms with Gasteiger partial charge in [0.05, 0.1) is 25.1 Å². The lowest BCUT2D eigenvalue weighted by molar-refractivity contribution is 0.0341. The molecule has 0 saturated carbocycles. The van der Waals surface area contributed by atoms with Crippen molar-refractivity contribution in [1.82, 2.24) is 9.88 Å². The number of pyridine rings is 1. The van der Waals surface area contributed by atoms with Crippen LogP contribution in [0.1, 0.15) is 5.56 Å². The predicted molar refractivity (Wildman–Crippen MR) is 80.0 cm³/mol. The molecule has 0 spiro atoms. The number of aromatic nitrogens is 1. The molecule has 2 aromatic rings. The molecule has 0 radical (unpaired) electrons. The number of morpholine rings is 1. The van der Waals surface area contributed by atoms with Gasteiger partial charge in [-0.05, 0) is 35.9 Å². The van der Waals surface area contributed by atoms with E-state index in [1.165, 1.54) is 6.07 Å². The highest BCUT2D eigenvalue weighted by atomic mass is 19.1. The zero-order valence-electron chi connectivity index (χ0n) is 11.8. The van der Waals surface area contributed by atoms with E-state index < -0.39 is 0 Å². The monoisotopic (exact) mass is 287 g/mol. The first-order valence-electron chi connectivity index (χ1n) is 7.06. The second-order valence-corrected chi connectivity index (χ2v) is 5.10. The number of nitrogens with zero attached hydrogens (tertiary/aromatic N) is 2. The van der Waals surface area contributed by atoms with Gasteiger partial charge in [-0.3, -0.25) is 9.88 Å². The van der Waals surface area contributed by atoms with Gasteiger partial charge in [-0.1, -0.05) is 0 Å². The smallest absolute Gasteiger partial charge is 0.125 e. The number of benzene rings is 1. The highest BCUT2D eigenvalue weighted by molar-refractivity contribution is 5.59. The summed E-state index contributed by atoms with van der Waals surface area (Å²) in [7, 11) is 0. The van der Waals surface area contributed by atoms with E-state index in [-0.39, 0.29) is 5.82 Å². The molecule has 1 aromatic carbocycles. The maximum absolute atomic E-state index is 13.8. The summed E-state index contributed by atoms with van der Waals surface area (Å²) in [4.78, 5) is 6.31. The average molecular weight is 287 g/mol. The van der Waals surface area contributed by atoms with Gasteiger partial charge in [-0.2, -0.15) is 0 Å². The molecule has 1 aliphatic heterocycles. The second-order valence-electron chi connectivity index (χ2n) is 5.10. The minimum absolute atomic E-state index is 0.229. The number of halogens is 1. The lowest BCUT2D eigenvalue weighted by Gasteiger charge is -2.26. The van der Waals surface area contributed by atoms with Crippen molar-refractivity contribution in [2.45, 2.75) is 6.54 Å². The summed E-state index contributed by atoms with van der Waals surface area (Å²) in [5.74, 6) is -0.229. The van der Waals surface area contributed by atoms with E-state index in [4.69, 9.17) is 4.74 Å². The predicted octanol–water partition coefficient (Wildman–Crippen LogP) is 2.80. The van der Waals surface area contributed by atoms with E-state index in [0.29, 0.717) is 0 Å². The second kappa shape index (κ2) is 6.65. The third kappa shape index (κ3) is 4.00. The molecular weight excluding hydrogens is 269 g/mol. The fraction of sp³-hybridized carbons (Fsp3) is 0.312. The number of hydrogen-bond donors (Lipinski definition) is 1. The maximum atomic E-state index is 13.8. The Labute approximate surface area is 123 Å². The van der Waals surface area contributed by atoms with Gasteiger partial charge >= 0.3 is 0 Å². The first-order chi connectivity index (χ1) is 10.3. The van der Waals surface area contributed by atoms with Crippen LogP contribution in [0.4, 0.5) is 15.8 Å². The number of rotatable bonds is 4. The van der Waals surface area contributed by atoms with E-state index in [0.717, 1.165) is 49.8 Å². The molecule has 4 nitrogen and oxygen atoms in total. The summed E-state index contributed by atoms with van der Waals surface area (Å²) in [5.41, 5.74) is 2.55. The van der Waals surface area contributed by atoms with Crippen molar-refractivity contribution in [3.63, 3.8) is 0 Å². The number of nitrogens with one attached hydrogen (secondary N) is 1. The lowest BCUT2D eigenvalue weighted by atomic mass is 10.1. The Hall–Kier alpha value is -1.98. The largest absolute Gasteiger partial charge is 0.379 e. The Morgan fingerprint density at radius 2 is 2.05 bits per heavy atom. The summed E-state index contributed by atoms with van der Waals surface area (Å²) in [6.07, 6.45) is 3.42. The number of hydrogen-bond acceptors (Lipinski definition) is 4. The van der Waals surface area contributed by atoms with Crippen molar-refractivity contribution < 1.29 is 9.13 Å². The van der Waals surface area contributed by atoms with Crippen LogP contribution in [0, 0.1) is 5.82 Å². The van der Waals surface area contributed by atoms with Crippen LogP contribution < -0.4 is 5.32 Å². The fourth-order valence-electron chi connectivity index (χ4n) is 2.43. The van der Waals surface area contributed by atoms with Crippen LogP contribution >= 0.6 is 0 Å². The Morgan fingerprint density at radius 1 is 1.19 bits per heavy atom. The van der Waals surface area contributed by atoms with Gasteiger partial charge < -0.3 is 10.1 Å². The number of anilines is 2. The first kappa shape index (κ1) is 14.0.